The summed E-state index contributed by atoms with van der Waals surface area (Å²) in [6, 6.07) is 9.27. The third-order valence-electron chi connectivity index (χ3n) is 6.11. The summed E-state index contributed by atoms with van der Waals surface area (Å²) in [4.78, 5) is 6.09. The van der Waals surface area contributed by atoms with E-state index >= 15 is 0 Å². The molecule has 2 atom stereocenters. The van der Waals surface area contributed by atoms with Gasteiger partial charge in [0.2, 0.25) is 10.0 Å². The van der Waals surface area contributed by atoms with Gasteiger partial charge in [-0.25, -0.2) is 13.4 Å². The molecule has 2 aliphatic rings. The summed E-state index contributed by atoms with van der Waals surface area (Å²) in [5, 5.41) is 0. The molecule has 33 heavy (non-hydrogen) atoms. The molecular formula is C22H22F3N3O4S. The fourth-order valence-corrected chi connectivity index (χ4v) is 6.05. The molecule has 0 bridgehead atoms. The maximum atomic E-state index is 13.0. The number of sulfonamides is 1. The quantitative estimate of drug-likeness (QED) is 0.566. The molecular weight excluding hydrogens is 459 g/mol. The summed E-state index contributed by atoms with van der Waals surface area (Å²) in [5.41, 5.74) is 0.411. The molecule has 3 heterocycles. The van der Waals surface area contributed by atoms with Crippen LogP contribution in [0.1, 0.15) is 17.9 Å². The van der Waals surface area contributed by atoms with E-state index in [1.165, 1.54) is 10.4 Å². The van der Waals surface area contributed by atoms with Crippen molar-refractivity contribution in [2.45, 2.75) is 36.6 Å². The van der Waals surface area contributed by atoms with Crippen LogP contribution in [0, 0.1) is 6.92 Å². The number of benzene rings is 2. The molecule has 0 N–H and O–H groups in total. The van der Waals surface area contributed by atoms with Gasteiger partial charge in [-0.05, 0) is 30.3 Å². The SMILES string of the molecule is Cc1nc2ccc(O[C@H]3C[C@H]4CN(S(=O)(=O)c5cccc(C(F)(F)F)c5)CCN4C3)cc2o1. The molecule has 0 spiro atoms. The lowest BCUT2D eigenvalue weighted by Gasteiger charge is -2.36. The number of aromatic nitrogens is 1. The van der Waals surface area contributed by atoms with E-state index in [1.807, 2.05) is 12.1 Å². The number of fused-ring (bicyclic) bond motifs is 2. The largest absolute Gasteiger partial charge is 0.489 e. The van der Waals surface area contributed by atoms with Crippen LogP contribution in [0.4, 0.5) is 13.2 Å². The fourth-order valence-electron chi connectivity index (χ4n) is 4.54. The van der Waals surface area contributed by atoms with Crippen LogP contribution in [-0.4, -0.2) is 60.9 Å². The summed E-state index contributed by atoms with van der Waals surface area (Å²) < 4.78 is 78.2. The lowest BCUT2D eigenvalue weighted by atomic mass is 10.1. The van der Waals surface area contributed by atoms with Crippen molar-refractivity contribution in [2.24, 2.45) is 0 Å². The number of ether oxygens (including phenoxy) is 1. The summed E-state index contributed by atoms with van der Waals surface area (Å²) in [6.45, 7) is 3.33. The molecule has 3 aromatic rings. The topological polar surface area (TPSA) is 75.9 Å². The first kappa shape index (κ1) is 22.2. The van der Waals surface area contributed by atoms with Gasteiger partial charge in [0.1, 0.15) is 17.4 Å². The Hall–Kier alpha value is -2.63. The van der Waals surface area contributed by atoms with E-state index in [2.05, 4.69) is 9.88 Å². The van der Waals surface area contributed by atoms with Crippen LogP contribution < -0.4 is 4.74 Å². The molecule has 1 aromatic heterocycles. The molecule has 7 nitrogen and oxygen atoms in total. The fraction of sp³-hybridized carbons (Fsp3) is 0.409. The van der Waals surface area contributed by atoms with Gasteiger partial charge in [0.25, 0.3) is 0 Å². The molecule has 176 valence electrons. The van der Waals surface area contributed by atoms with E-state index in [4.69, 9.17) is 9.15 Å². The first-order valence-corrected chi connectivity index (χ1v) is 12.0. The van der Waals surface area contributed by atoms with Crippen LogP contribution in [0.3, 0.4) is 0 Å². The van der Waals surface area contributed by atoms with Gasteiger partial charge in [-0.2, -0.15) is 17.5 Å². The molecule has 11 heteroatoms. The Bertz CT molecular complexity index is 1290. The summed E-state index contributed by atoms with van der Waals surface area (Å²) in [5.74, 6) is 1.22. The highest BCUT2D eigenvalue weighted by Gasteiger charge is 2.41. The highest BCUT2D eigenvalue weighted by Crippen LogP contribution is 2.33. The Morgan fingerprint density at radius 1 is 1.12 bits per heavy atom. The molecule has 0 radical (unpaired) electrons. The standard InChI is InChI=1S/C22H22F3N3O4S/c1-14-26-20-6-5-17(11-21(20)31-14)32-18-10-16-12-28(8-7-27(16)13-18)33(29,30)19-4-2-3-15(9-19)22(23,24)25/h2-6,9,11,16,18H,7-8,10,12-13H2,1H3/t16-,18-/m0/s1. The van der Waals surface area contributed by atoms with E-state index in [9.17, 15) is 21.6 Å². The molecule has 2 fully saturated rings. The second-order valence-electron chi connectivity index (χ2n) is 8.38. The molecule has 0 aliphatic carbocycles. The van der Waals surface area contributed by atoms with Crippen molar-refractivity contribution in [3.05, 3.63) is 53.9 Å². The minimum Gasteiger partial charge on any atom is -0.489 e. The number of hydrogen-bond acceptors (Lipinski definition) is 6. The number of halogens is 3. The summed E-state index contributed by atoms with van der Waals surface area (Å²) in [6.07, 6.45) is -4.12. The van der Waals surface area contributed by atoms with Crippen molar-refractivity contribution in [1.29, 1.82) is 0 Å². The van der Waals surface area contributed by atoms with Crippen molar-refractivity contribution in [2.75, 3.05) is 26.2 Å². The second kappa shape index (κ2) is 8.00. The summed E-state index contributed by atoms with van der Waals surface area (Å²) >= 11 is 0. The molecule has 0 saturated carbocycles. The lowest BCUT2D eigenvalue weighted by molar-refractivity contribution is -0.137. The summed E-state index contributed by atoms with van der Waals surface area (Å²) in [7, 11) is -4.04. The molecule has 2 aliphatic heterocycles. The number of oxazole rings is 1. The van der Waals surface area contributed by atoms with E-state index in [-0.39, 0.29) is 30.1 Å². The van der Waals surface area contributed by atoms with Crippen LogP contribution in [0.5, 0.6) is 5.75 Å². The number of hydrogen-bond donors (Lipinski definition) is 0. The molecule has 0 unspecified atom stereocenters. The Morgan fingerprint density at radius 2 is 1.94 bits per heavy atom. The highest BCUT2D eigenvalue weighted by molar-refractivity contribution is 7.89. The molecule has 5 rings (SSSR count). The number of alkyl halides is 3. The normalized spacial score (nSPS) is 22.5. The average Bonchev–Trinajstić information content (AvgIpc) is 3.33. The van der Waals surface area contributed by atoms with Gasteiger partial charge in [-0.1, -0.05) is 6.07 Å². The van der Waals surface area contributed by atoms with Gasteiger partial charge in [0, 0.05) is 51.6 Å². The Labute approximate surface area is 188 Å². The third-order valence-corrected chi connectivity index (χ3v) is 7.97. The minimum absolute atomic E-state index is 0.0689. The molecule has 2 aromatic carbocycles. The minimum atomic E-state index is -4.60. The van der Waals surface area contributed by atoms with Crippen LogP contribution in [0.25, 0.3) is 11.1 Å². The smallest absolute Gasteiger partial charge is 0.416 e. The Balaban J connectivity index is 1.28. The van der Waals surface area contributed by atoms with Crippen LogP contribution in [0.2, 0.25) is 0 Å². The van der Waals surface area contributed by atoms with E-state index in [0.29, 0.717) is 42.8 Å². The average molecular weight is 481 g/mol. The van der Waals surface area contributed by atoms with Crippen LogP contribution in [0.15, 0.2) is 51.8 Å². The van der Waals surface area contributed by atoms with E-state index < -0.39 is 21.8 Å². The van der Waals surface area contributed by atoms with Crippen LogP contribution in [-0.2, 0) is 16.2 Å². The van der Waals surface area contributed by atoms with Crippen molar-refractivity contribution < 1.29 is 30.7 Å². The van der Waals surface area contributed by atoms with Gasteiger partial charge >= 0.3 is 6.18 Å². The van der Waals surface area contributed by atoms with E-state index in [0.717, 1.165) is 17.6 Å². The zero-order valence-corrected chi connectivity index (χ0v) is 18.6. The maximum absolute atomic E-state index is 13.0. The van der Waals surface area contributed by atoms with Gasteiger partial charge in [0.05, 0.1) is 10.5 Å². The number of rotatable bonds is 4. The highest BCUT2D eigenvalue weighted by atomic mass is 32.2. The van der Waals surface area contributed by atoms with E-state index in [1.54, 1.807) is 13.0 Å². The van der Waals surface area contributed by atoms with Gasteiger partial charge < -0.3 is 9.15 Å². The third kappa shape index (κ3) is 4.32. The molecule has 2 saturated heterocycles. The van der Waals surface area contributed by atoms with Crippen molar-refractivity contribution >= 4 is 21.1 Å². The Kier molecular flexibility index (Phi) is 5.37. The monoisotopic (exact) mass is 481 g/mol. The van der Waals surface area contributed by atoms with Gasteiger partial charge in [-0.15, -0.1) is 0 Å². The molecule has 0 amide bonds. The number of piperazine rings is 1. The maximum Gasteiger partial charge on any atom is 0.416 e. The predicted octanol–water partition coefficient (Wildman–Crippen LogP) is 3.68. The van der Waals surface area contributed by atoms with Gasteiger partial charge in [0.15, 0.2) is 11.5 Å². The van der Waals surface area contributed by atoms with Crippen molar-refractivity contribution in [3.63, 3.8) is 0 Å². The lowest BCUT2D eigenvalue weighted by Crippen LogP contribution is -2.51. The second-order valence-corrected chi connectivity index (χ2v) is 10.3. The zero-order valence-electron chi connectivity index (χ0n) is 17.7. The van der Waals surface area contributed by atoms with Crippen molar-refractivity contribution in [1.82, 2.24) is 14.2 Å². The predicted molar refractivity (Wildman–Crippen MR) is 113 cm³/mol. The number of aryl methyl sites for hydroxylation is 1. The Morgan fingerprint density at radius 3 is 2.73 bits per heavy atom. The first-order valence-electron chi connectivity index (χ1n) is 10.5. The van der Waals surface area contributed by atoms with Crippen LogP contribution >= 0.6 is 0 Å². The number of nitrogens with zero attached hydrogens (tertiary/aromatic N) is 3. The zero-order chi connectivity index (χ0) is 23.4. The van der Waals surface area contributed by atoms with Gasteiger partial charge in [-0.3, -0.25) is 4.90 Å². The van der Waals surface area contributed by atoms with Crippen molar-refractivity contribution in [3.8, 4) is 5.75 Å². The first-order chi connectivity index (χ1) is 15.6.